The molecule has 0 unspecified atom stereocenters. The Hall–Kier alpha value is -3.34. The van der Waals surface area contributed by atoms with Crippen LogP contribution in [0.1, 0.15) is 41.6 Å². The number of carbonyl (C=O) groups is 2. The summed E-state index contributed by atoms with van der Waals surface area (Å²) in [5, 5.41) is 5.99. The lowest BCUT2D eigenvalue weighted by Crippen LogP contribution is -2.33. The van der Waals surface area contributed by atoms with E-state index in [0.717, 1.165) is 36.9 Å². The largest absolute Gasteiger partial charge is 0.349 e. The molecule has 2 N–H and O–H groups in total. The summed E-state index contributed by atoms with van der Waals surface area (Å²) in [5.41, 5.74) is 3.03. The monoisotopic (exact) mass is 387 g/mol. The molecule has 5 heteroatoms. The predicted molar refractivity (Wildman–Crippen MR) is 114 cm³/mol. The first-order chi connectivity index (χ1) is 14.2. The second kappa shape index (κ2) is 8.78. The molecule has 5 nitrogen and oxygen atoms in total. The van der Waals surface area contributed by atoms with E-state index < -0.39 is 0 Å². The molecule has 0 aliphatic heterocycles. The van der Waals surface area contributed by atoms with Crippen LogP contribution in [0, 0.1) is 0 Å². The number of nitrogens with one attached hydrogen (secondary N) is 2. The van der Waals surface area contributed by atoms with Crippen LogP contribution in [0.4, 0.5) is 5.69 Å². The fourth-order valence-corrected chi connectivity index (χ4v) is 3.80. The SMILES string of the molecule is O=C(Cc1ccc(-n2cccc2)cc1)Nc1ccccc1C(=O)NC1CCCC1. The summed E-state index contributed by atoms with van der Waals surface area (Å²) in [7, 11) is 0. The van der Waals surface area contributed by atoms with E-state index in [2.05, 4.69) is 10.6 Å². The van der Waals surface area contributed by atoms with Gasteiger partial charge >= 0.3 is 0 Å². The standard InChI is InChI=1S/C24H25N3O2/c28-23(17-18-11-13-20(14-12-18)27-15-5-6-16-27)26-22-10-4-3-9-21(22)24(29)25-19-7-1-2-8-19/h3-6,9-16,19H,1-2,7-8,17H2,(H,25,29)(H,26,28). The Morgan fingerprint density at radius 3 is 2.31 bits per heavy atom. The zero-order valence-electron chi connectivity index (χ0n) is 16.3. The molecule has 2 aromatic carbocycles. The second-order valence-electron chi connectivity index (χ2n) is 7.48. The van der Waals surface area contributed by atoms with Crippen LogP contribution in [-0.4, -0.2) is 22.4 Å². The van der Waals surface area contributed by atoms with Crippen molar-refractivity contribution in [1.29, 1.82) is 0 Å². The zero-order chi connectivity index (χ0) is 20.1. The van der Waals surface area contributed by atoms with Gasteiger partial charge in [-0.15, -0.1) is 0 Å². The molecule has 0 saturated heterocycles. The molecule has 0 atom stereocenters. The smallest absolute Gasteiger partial charge is 0.253 e. The molecule has 1 aliphatic rings. The number of hydrogen-bond donors (Lipinski definition) is 2. The summed E-state index contributed by atoms with van der Waals surface area (Å²) >= 11 is 0. The number of rotatable bonds is 6. The molecule has 1 fully saturated rings. The van der Waals surface area contributed by atoms with Crippen molar-refractivity contribution in [2.45, 2.75) is 38.1 Å². The molecule has 1 aromatic heterocycles. The van der Waals surface area contributed by atoms with Gasteiger partial charge in [0.2, 0.25) is 5.91 Å². The lowest BCUT2D eigenvalue weighted by molar-refractivity contribution is -0.115. The topological polar surface area (TPSA) is 63.1 Å². The van der Waals surface area contributed by atoms with Crippen molar-refractivity contribution in [3.63, 3.8) is 0 Å². The fraction of sp³-hybridized carbons (Fsp3) is 0.250. The van der Waals surface area contributed by atoms with Crippen LogP contribution >= 0.6 is 0 Å². The molecular weight excluding hydrogens is 362 g/mol. The Balaban J connectivity index is 1.40. The molecule has 148 valence electrons. The van der Waals surface area contributed by atoms with E-state index in [1.165, 1.54) is 0 Å². The van der Waals surface area contributed by atoms with Gasteiger partial charge in [0.05, 0.1) is 17.7 Å². The van der Waals surface area contributed by atoms with Gasteiger partial charge in [-0.25, -0.2) is 0 Å². The highest BCUT2D eigenvalue weighted by Gasteiger charge is 2.20. The highest BCUT2D eigenvalue weighted by Crippen LogP contribution is 2.20. The second-order valence-corrected chi connectivity index (χ2v) is 7.48. The van der Waals surface area contributed by atoms with Crippen LogP contribution in [0.15, 0.2) is 73.1 Å². The lowest BCUT2D eigenvalue weighted by Gasteiger charge is -2.15. The van der Waals surface area contributed by atoms with E-state index in [1.54, 1.807) is 12.1 Å². The highest BCUT2D eigenvalue weighted by molar-refractivity contribution is 6.04. The average molecular weight is 387 g/mol. The molecular formula is C24H25N3O2. The Labute approximate surface area is 170 Å². The van der Waals surface area contributed by atoms with Crippen LogP contribution in [0.3, 0.4) is 0 Å². The summed E-state index contributed by atoms with van der Waals surface area (Å²) in [4.78, 5) is 25.2. The minimum Gasteiger partial charge on any atom is -0.349 e. The van der Waals surface area contributed by atoms with E-state index >= 15 is 0 Å². The maximum absolute atomic E-state index is 12.6. The maximum Gasteiger partial charge on any atom is 0.253 e. The average Bonchev–Trinajstić information content (AvgIpc) is 3.43. The van der Waals surface area contributed by atoms with Crippen molar-refractivity contribution < 1.29 is 9.59 Å². The van der Waals surface area contributed by atoms with Gasteiger partial charge in [-0.2, -0.15) is 0 Å². The first kappa shape index (κ1) is 19.0. The Kier molecular flexibility index (Phi) is 5.75. The number of carbonyl (C=O) groups excluding carboxylic acids is 2. The molecule has 1 heterocycles. The number of anilines is 1. The number of nitrogens with zero attached hydrogens (tertiary/aromatic N) is 1. The minimum atomic E-state index is -0.139. The quantitative estimate of drug-likeness (QED) is 0.661. The molecule has 1 saturated carbocycles. The summed E-state index contributed by atoms with van der Waals surface area (Å²) in [6.45, 7) is 0. The van der Waals surface area contributed by atoms with Crippen LogP contribution < -0.4 is 10.6 Å². The lowest BCUT2D eigenvalue weighted by atomic mass is 10.1. The molecule has 0 radical (unpaired) electrons. The number of para-hydroxylation sites is 1. The van der Waals surface area contributed by atoms with E-state index in [1.807, 2.05) is 65.5 Å². The van der Waals surface area contributed by atoms with Gasteiger partial charge in [0, 0.05) is 24.1 Å². The van der Waals surface area contributed by atoms with E-state index in [9.17, 15) is 9.59 Å². The van der Waals surface area contributed by atoms with Crippen molar-refractivity contribution in [3.05, 3.63) is 84.2 Å². The van der Waals surface area contributed by atoms with Crippen LogP contribution in [-0.2, 0) is 11.2 Å². The normalized spacial score (nSPS) is 13.9. The van der Waals surface area contributed by atoms with Gasteiger partial charge in [-0.3, -0.25) is 9.59 Å². The first-order valence-corrected chi connectivity index (χ1v) is 10.1. The summed E-state index contributed by atoms with van der Waals surface area (Å²) in [5.74, 6) is -0.260. The Bertz CT molecular complexity index is 972. The van der Waals surface area contributed by atoms with Crippen molar-refractivity contribution in [3.8, 4) is 5.69 Å². The van der Waals surface area contributed by atoms with Crippen molar-refractivity contribution in [2.24, 2.45) is 0 Å². The molecule has 29 heavy (non-hydrogen) atoms. The number of hydrogen-bond acceptors (Lipinski definition) is 2. The molecule has 3 aromatic rings. The summed E-state index contributed by atoms with van der Waals surface area (Å²) in [6, 6.07) is 19.3. The Morgan fingerprint density at radius 1 is 0.897 bits per heavy atom. The predicted octanol–water partition coefficient (Wildman–Crippen LogP) is 4.33. The molecule has 0 bridgehead atoms. The number of benzene rings is 2. The third-order valence-corrected chi connectivity index (χ3v) is 5.34. The van der Waals surface area contributed by atoms with Crippen molar-refractivity contribution in [2.75, 3.05) is 5.32 Å². The van der Waals surface area contributed by atoms with Gasteiger partial charge < -0.3 is 15.2 Å². The van der Waals surface area contributed by atoms with Gasteiger partial charge in [-0.1, -0.05) is 37.1 Å². The van der Waals surface area contributed by atoms with Crippen molar-refractivity contribution in [1.82, 2.24) is 9.88 Å². The molecule has 2 amide bonds. The van der Waals surface area contributed by atoms with E-state index in [0.29, 0.717) is 11.3 Å². The Morgan fingerprint density at radius 2 is 1.59 bits per heavy atom. The van der Waals surface area contributed by atoms with Crippen LogP contribution in [0.5, 0.6) is 0 Å². The first-order valence-electron chi connectivity index (χ1n) is 10.1. The third kappa shape index (κ3) is 4.74. The molecule has 0 spiro atoms. The molecule has 4 rings (SSSR count). The van der Waals surface area contributed by atoms with Gasteiger partial charge in [-0.05, 0) is 54.8 Å². The minimum absolute atomic E-state index is 0.121. The van der Waals surface area contributed by atoms with Crippen LogP contribution in [0.2, 0.25) is 0 Å². The highest BCUT2D eigenvalue weighted by atomic mass is 16.2. The fourth-order valence-electron chi connectivity index (χ4n) is 3.80. The van der Waals surface area contributed by atoms with Gasteiger partial charge in [0.1, 0.15) is 0 Å². The van der Waals surface area contributed by atoms with Gasteiger partial charge in [0.15, 0.2) is 0 Å². The summed E-state index contributed by atoms with van der Waals surface area (Å²) in [6.07, 6.45) is 8.59. The van der Waals surface area contributed by atoms with E-state index in [-0.39, 0.29) is 24.3 Å². The van der Waals surface area contributed by atoms with Crippen molar-refractivity contribution >= 4 is 17.5 Å². The van der Waals surface area contributed by atoms with Crippen LogP contribution in [0.25, 0.3) is 5.69 Å². The number of aromatic nitrogens is 1. The summed E-state index contributed by atoms with van der Waals surface area (Å²) < 4.78 is 2.02. The van der Waals surface area contributed by atoms with E-state index in [4.69, 9.17) is 0 Å². The van der Waals surface area contributed by atoms with Gasteiger partial charge in [0.25, 0.3) is 5.91 Å². The maximum atomic E-state index is 12.6. The third-order valence-electron chi connectivity index (χ3n) is 5.34. The zero-order valence-corrected chi connectivity index (χ0v) is 16.3. The number of amides is 2. The molecule has 1 aliphatic carbocycles.